The Morgan fingerprint density at radius 1 is 1.11 bits per heavy atom. The molecule has 0 heterocycles. The molecule has 2 N–H and O–H groups in total. The van der Waals surface area contributed by atoms with E-state index < -0.39 is 25.2 Å². The Morgan fingerprint density at radius 2 is 1.11 bits per heavy atom. The maximum absolute atomic E-state index is 8.74. The maximum atomic E-state index is 8.74. The summed E-state index contributed by atoms with van der Waals surface area (Å²) in [5, 5.41) is 0. The van der Waals surface area contributed by atoms with Gasteiger partial charge < -0.3 is 0 Å². The summed E-state index contributed by atoms with van der Waals surface area (Å²) in [5.41, 5.74) is 0. The van der Waals surface area contributed by atoms with Crippen LogP contribution >= 0.6 is 0 Å². The second kappa shape index (κ2) is 8.51. The van der Waals surface area contributed by atoms with E-state index in [2.05, 4.69) is 0 Å². The van der Waals surface area contributed by atoms with E-state index in [4.69, 9.17) is 25.2 Å². The van der Waals surface area contributed by atoms with Gasteiger partial charge in [0.05, 0.1) is 0 Å². The molecule has 0 aromatic rings. The van der Waals surface area contributed by atoms with E-state index in [0.29, 0.717) is 0 Å². The van der Waals surface area contributed by atoms with E-state index in [9.17, 15) is 0 Å². The van der Waals surface area contributed by atoms with Gasteiger partial charge in [-0.2, -0.15) is 8.42 Å². The average Bonchev–Trinajstić information content (AvgIpc) is 1.27. The molecule has 0 rings (SSSR count). The van der Waals surface area contributed by atoms with Gasteiger partial charge in [-0.05, 0) is 0 Å². The first-order chi connectivity index (χ1) is 3.41. The van der Waals surface area contributed by atoms with Gasteiger partial charge in [0.1, 0.15) is 0 Å². The monoisotopic (exact) mass is 240 g/mol. The van der Waals surface area contributed by atoms with E-state index in [1.165, 1.54) is 0 Å². The minimum absolute atomic E-state index is 0. The molecule has 58 valence electrons. The first-order valence-corrected chi connectivity index (χ1v) is 3.37. The van der Waals surface area contributed by atoms with Gasteiger partial charge in [0, 0.05) is 17.1 Å². The van der Waals surface area contributed by atoms with Crippen molar-refractivity contribution >= 4 is 10.4 Å². The Kier molecular flexibility index (Phi) is 15.4. The third kappa shape index (κ3) is 1390. The van der Waals surface area contributed by atoms with Crippen molar-refractivity contribution in [1.29, 1.82) is 0 Å². The summed E-state index contributed by atoms with van der Waals surface area (Å²) in [7, 11) is -4.67. The average molecular weight is 240 g/mol. The molecule has 0 saturated heterocycles. The Morgan fingerprint density at radius 3 is 1.11 bits per heavy atom. The molecule has 0 spiro atoms. The molecule has 0 aliphatic rings. The number of rotatable bonds is 0. The van der Waals surface area contributed by atoms with E-state index in [1.807, 2.05) is 0 Å². The van der Waals surface area contributed by atoms with Crippen molar-refractivity contribution in [2.45, 2.75) is 0 Å². The molecule has 9 heavy (non-hydrogen) atoms. The fourth-order valence-electron chi connectivity index (χ4n) is 0. The van der Waals surface area contributed by atoms with Gasteiger partial charge >= 0.3 is 32.9 Å². The predicted molar refractivity (Wildman–Crippen MR) is 15.6 cm³/mol. The van der Waals surface area contributed by atoms with Gasteiger partial charge in [-0.3, -0.25) is 9.11 Å². The molecule has 0 bridgehead atoms. The fraction of sp³-hybridized carbons (Fsp3) is 0. The summed E-state index contributed by atoms with van der Waals surface area (Å²) < 4.78 is 48.4. The Bertz CT molecular complexity index is 151. The predicted octanol–water partition coefficient (Wildman–Crippen LogP) is -0.895. The third-order valence-corrected chi connectivity index (χ3v) is 0. The van der Waals surface area contributed by atoms with Gasteiger partial charge in [-0.15, -0.1) is 0 Å². The molecule has 0 aliphatic heterocycles. The van der Waals surface area contributed by atoms with Crippen LogP contribution in [0.1, 0.15) is 0 Å². The molecule has 0 atom stereocenters. The zero-order valence-electron chi connectivity index (χ0n) is 3.69. The molecule has 0 aromatic carbocycles. The van der Waals surface area contributed by atoms with Gasteiger partial charge in [-0.25, -0.2) is 0 Å². The van der Waals surface area contributed by atoms with Crippen molar-refractivity contribution in [3.05, 3.63) is 0 Å². The quantitative estimate of drug-likeness (QED) is 0.419. The summed E-state index contributed by atoms with van der Waals surface area (Å²) in [4.78, 5) is 0. The Balaban J connectivity index is -0.0000000800. The number of hydrogen-bond acceptors (Lipinski definition) is 4. The van der Waals surface area contributed by atoms with E-state index in [0.717, 1.165) is 0 Å². The summed E-state index contributed by atoms with van der Waals surface area (Å²) in [5.74, 6) is 0. The van der Waals surface area contributed by atoms with Crippen LogP contribution in [0.2, 0.25) is 0 Å². The van der Waals surface area contributed by atoms with Crippen molar-refractivity contribution in [3.8, 4) is 0 Å². The molecule has 0 saturated carbocycles. The van der Waals surface area contributed by atoms with Crippen LogP contribution in [0.5, 0.6) is 0 Å². The van der Waals surface area contributed by atoms with Crippen LogP contribution < -0.4 is 0 Å². The van der Waals surface area contributed by atoms with Crippen LogP contribution in [-0.4, -0.2) is 17.5 Å². The summed E-state index contributed by atoms with van der Waals surface area (Å²) in [6.45, 7) is 0. The van der Waals surface area contributed by atoms with Crippen molar-refractivity contribution in [2.24, 2.45) is 0 Å². The van der Waals surface area contributed by atoms with Crippen LogP contribution in [-0.2, 0) is 50.0 Å². The molecule has 0 aliphatic carbocycles. The standard InChI is InChI=1S/2Mn.H2O4S.2O/c;;1-5(2,3)4;;/h;;(H2,1,2,3,4);;. The first-order valence-electron chi connectivity index (χ1n) is 1.01. The molecule has 9 heteroatoms. The molecule has 0 aromatic heterocycles. The van der Waals surface area contributed by atoms with Gasteiger partial charge in [-0.1, -0.05) is 0 Å². The van der Waals surface area contributed by atoms with Crippen molar-refractivity contribution in [3.63, 3.8) is 0 Å². The van der Waals surface area contributed by atoms with E-state index in [1.54, 1.807) is 0 Å². The first kappa shape index (κ1) is 16.3. The van der Waals surface area contributed by atoms with E-state index >= 15 is 0 Å². The van der Waals surface area contributed by atoms with E-state index in [-0.39, 0.29) is 17.1 Å². The Labute approximate surface area is 67.6 Å². The molecular weight excluding hydrogens is 238 g/mol. The summed E-state index contributed by atoms with van der Waals surface area (Å²) >= 11 is -1.44. The molecular formula is H2Mn2O6S. The van der Waals surface area contributed by atoms with Crippen molar-refractivity contribution < 1.29 is 57.1 Å². The summed E-state index contributed by atoms with van der Waals surface area (Å²) in [6.07, 6.45) is 0. The van der Waals surface area contributed by atoms with Crippen LogP contribution in [0, 0.1) is 0 Å². The second-order valence-electron chi connectivity index (χ2n) is 0.511. The SMILES string of the molecule is O=S(=O)(O)O.[Mn].[O]=[Mn]=[O]. The van der Waals surface area contributed by atoms with Gasteiger partial charge in [0.2, 0.25) is 0 Å². The van der Waals surface area contributed by atoms with Crippen molar-refractivity contribution in [2.75, 3.05) is 0 Å². The topological polar surface area (TPSA) is 109 Å². The van der Waals surface area contributed by atoms with Crippen LogP contribution in [0.3, 0.4) is 0 Å². The molecule has 6 nitrogen and oxygen atoms in total. The van der Waals surface area contributed by atoms with Crippen LogP contribution in [0.25, 0.3) is 0 Å². The van der Waals surface area contributed by atoms with Crippen LogP contribution in [0.15, 0.2) is 0 Å². The minimum atomic E-state index is -4.67. The zero-order valence-corrected chi connectivity index (χ0v) is 6.87. The molecule has 0 fully saturated rings. The van der Waals surface area contributed by atoms with Gasteiger partial charge in [0.15, 0.2) is 0 Å². The van der Waals surface area contributed by atoms with Crippen molar-refractivity contribution in [1.82, 2.24) is 0 Å². The second-order valence-corrected chi connectivity index (χ2v) is 1.60. The molecule has 0 amide bonds. The molecule has 1 radical (unpaired) electrons. The van der Waals surface area contributed by atoms with Gasteiger partial charge in [0.25, 0.3) is 0 Å². The molecule has 0 unspecified atom stereocenters. The summed E-state index contributed by atoms with van der Waals surface area (Å²) in [6, 6.07) is 0. The fourth-order valence-corrected chi connectivity index (χ4v) is 0. The normalized spacial score (nSPS) is 7.78. The Hall–Kier alpha value is 0.509. The van der Waals surface area contributed by atoms with Crippen LogP contribution in [0.4, 0.5) is 0 Å². The zero-order chi connectivity index (χ0) is 7.21. The third-order valence-electron chi connectivity index (χ3n) is 0. The number of hydrogen-bond donors (Lipinski definition) is 2.